The summed E-state index contributed by atoms with van der Waals surface area (Å²) in [5.41, 5.74) is 2.62. The lowest BCUT2D eigenvalue weighted by Gasteiger charge is -2.28. The average molecular weight is 244 g/mol. The van der Waals surface area contributed by atoms with Gasteiger partial charge in [0.15, 0.2) is 0 Å². The van der Waals surface area contributed by atoms with Crippen LogP contribution in [0.1, 0.15) is 35.6 Å². The van der Waals surface area contributed by atoms with Crippen LogP contribution in [0.3, 0.4) is 0 Å². The standard InChI is InChI=1S/C15H20N2O/c1-4-11-10-13(15(18)16-14(11)5-2)12-6-8-17(3)9-7-12/h4-5,10,12H,1-2,6-9H2,3H3,(H,16,18). The summed E-state index contributed by atoms with van der Waals surface area (Å²) in [7, 11) is 2.12. The maximum Gasteiger partial charge on any atom is 0.251 e. The predicted molar refractivity (Wildman–Crippen MR) is 76.7 cm³/mol. The first kappa shape index (κ1) is 12.8. The Balaban J connectivity index is 2.36. The number of H-pyrrole nitrogens is 1. The minimum Gasteiger partial charge on any atom is -0.322 e. The number of nitrogens with one attached hydrogen (secondary N) is 1. The van der Waals surface area contributed by atoms with E-state index in [-0.39, 0.29) is 5.56 Å². The molecule has 0 saturated carbocycles. The maximum atomic E-state index is 12.1. The van der Waals surface area contributed by atoms with Gasteiger partial charge in [0.1, 0.15) is 0 Å². The van der Waals surface area contributed by atoms with Gasteiger partial charge in [0.05, 0.1) is 0 Å². The number of likely N-dealkylation sites (tertiary alicyclic amines) is 1. The van der Waals surface area contributed by atoms with Crippen molar-refractivity contribution in [3.8, 4) is 0 Å². The molecule has 1 saturated heterocycles. The van der Waals surface area contributed by atoms with Gasteiger partial charge >= 0.3 is 0 Å². The second kappa shape index (κ2) is 5.36. The van der Waals surface area contributed by atoms with Crippen molar-refractivity contribution in [2.24, 2.45) is 0 Å². The van der Waals surface area contributed by atoms with Crippen molar-refractivity contribution in [2.45, 2.75) is 18.8 Å². The summed E-state index contributed by atoms with van der Waals surface area (Å²) >= 11 is 0. The number of rotatable bonds is 3. The zero-order valence-electron chi connectivity index (χ0n) is 10.9. The smallest absolute Gasteiger partial charge is 0.251 e. The average Bonchev–Trinajstić information content (AvgIpc) is 2.39. The largest absolute Gasteiger partial charge is 0.322 e. The summed E-state index contributed by atoms with van der Waals surface area (Å²) < 4.78 is 0. The van der Waals surface area contributed by atoms with E-state index >= 15 is 0 Å². The summed E-state index contributed by atoms with van der Waals surface area (Å²) in [6.45, 7) is 9.60. The first-order chi connectivity index (χ1) is 8.65. The number of hydrogen-bond acceptors (Lipinski definition) is 2. The van der Waals surface area contributed by atoms with Crippen LogP contribution in [0.2, 0.25) is 0 Å². The van der Waals surface area contributed by atoms with Gasteiger partial charge in [-0.2, -0.15) is 0 Å². The first-order valence-electron chi connectivity index (χ1n) is 6.36. The molecule has 3 nitrogen and oxygen atoms in total. The van der Waals surface area contributed by atoms with Gasteiger partial charge in [-0.15, -0.1) is 0 Å². The number of nitrogens with zero attached hydrogens (tertiary/aromatic N) is 1. The van der Waals surface area contributed by atoms with Crippen LogP contribution in [0.25, 0.3) is 12.2 Å². The van der Waals surface area contributed by atoms with Crippen molar-refractivity contribution in [3.63, 3.8) is 0 Å². The van der Waals surface area contributed by atoms with Crippen LogP contribution in [-0.2, 0) is 0 Å². The minimum atomic E-state index is 0.0186. The van der Waals surface area contributed by atoms with Crippen LogP contribution in [0, 0.1) is 0 Å². The van der Waals surface area contributed by atoms with E-state index in [0.717, 1.165) is 42.8 Å². The summed E-state index contributed by atoms with van der Waals surface area (Å²) in [5.74, 6) is 0.363. The molecule has 1 fully saturated rings. The van der Waals surface area contributed by atoms with Crippen LogP contribution in [0.5, 0.6) is 0 Å². The predicted octanol–water partition coefficient (Wildman–Crippen LogP) is 2.47. The lowest BCUT2D eigenvalue weighted by molar-refractivity contribution is 0.254. The monoisotopic (exact) mass is 244 g/mol. The van der Waals surface area contributed by atoms with Gasteiger partial charge in [-0.25, -0.2) is 0 Å². The Labute approximate surface area is 108 Å². The van der Waals surface area contributed by atoms with Gasteiger partial charge in [0, 0.05) is 11.3 Å². The number of aromatic nitrogens is 1. The van der Waals surface area contributed by atoms with Gasteiger partial charge in [-0.1, -0.05) is 19.2 Å². The van der Waals surface area contributed by atoms with Gasteiger partial charge < -0.3 is 9.88 Å². The van der Waals surface area contributed by atoms with Gasteiger partial charge in [0.2, 0.25) is 0 Å². The van der Waals surface area contributed by atoms with Crippen molar-refractivity contribution in [2.75, 3.05) is 20.1 Å². The molecule has 0 spiro atoms. The number of aromatic amines is 1. The molecule has 96 valence electrons. The fraction of sp³-hybridized carbons (Fsp3) is 0.400. The van der Waals surface area contributed by atoms with Crippen LogP contribution in [0.4, 0.5) is 0 Å². The molecule has 2 heterocycles. The summed E-state index contributed by atoms with van der Waals surface area (Å²) in [6, 6.07) is 1.97. The quantitative estimate of drug-likeness (QED) is 0.886. The Kier molecular flexibility index (Phi) is 3.82. The number of hydrogen-bond donors (Lipinski definition) is 1. The van der Waals surface area contributed by atoms with Crippen molar-refractivity contribution < 1.29 is 0 Å². The van der Waals surface area contributed by atoms with E-state index < -0.39 is 0 Å². The van der Waals surface area contributed by atoms with E-state index in [1.807, 2.05) is 6.07 Å². The molecule has 3 heteroatoms. The normalized spacial score (nSPS) is 17.6. The fourth-order valence-electron chi connectivity index (χ4n) is 2.54. The van der Waals surface area contributed by atoms with Crippen molar-refractivity contribution in [3.05, 3.63) is 46.4 Å². The zero-order valence-corrected chi connectivity index (χ0v) is 10.9. The Hall–Kier alpha value is -1.61. The maximum absolute atomic E-state index is 12.1. The molecule has 1 aliphatic rings. The molecule has 0 atom stereocenters. The van der Waals surface area contributed by atoms with E-state index in [1.165, 1.54) is 0 Å². The number of pyridine rings is 1. The second-order valence-corrected chi connectivity index (χ2v) is 4.91. The molecule has 18 heavy (non-hydrogen) atoms. The first-order valence-corrected chi connectivity index (χ1v) is 6.36. The van der Waals surface area contributed by atoms with Crippen molar-refractivity contribution in [1.29, 1.82) is 0 Å². The third kappa shape index (κ3) is 2.46. The Morgan fingerprint density at radius 2 is 2.00 bits per heavy atom. The van der Waals surface area contributed by atoms with E-state index in [2.05, 4.69) is 30.1 Å². The molecule has 1 aromatic rings. The van der Waals surface area contributed by atoms with Gasteiger partial charge in [-0.3, -0.25) is 4.79 Å². The van der Waals surface area contributed by atoms with Crippen LogP contribution >= 0.6 is 0 Å². The molecule has 0 aliphatic carbocycles. The van der Waals surface area contributed by atoms with Crippen molar-refractivity contribution >= 4 is 12.2 Å². The van der Waals surface area contributed by atoms with E-state index in [0.29, 0.717) is 5.92 Å². The Bertz CT molecular complexity index is 508. The molecule has 1 N–H and O–H groups in total. The molecule has 2 rings (SSSR count). The molecule has 1 aromatic heterocycles. The highest BCUT2D eigenvalue weighted by atomic mass is 16.1. The summed E-state index contributed by atoms with van der Waals surface area (Å²) in [4.78, 5) is 17.3. The summed E-state index contributed by atoms with van der Waals surface area (Å²) in [5, 5.41) is 0. The highest BCUT2D eigenvalue weighted by Crippen LogP contribution is 2.26. The topological polar surface area (TPSA) is 36.1 Å². The second-order valence-electron chi connectivity index (χ2n) is 4.91. The molecular weight excluding hydrogens is 224 g/mol. The van der Waals surface area contributed by atoms with E-state index in [1.54, 1.807) is 12.2 Å². The van der Waals surface area contributed by atoms with E-state index in [9.17, 15) is 4.79 Å². The Morgan fingerprint density at radius 1 is 1.33 bits per heavy atom. The Morgan fingerprint density at radius 3 is 2.56 bits per heavy atom. The summed E-state index contributed by atoms with van der Waals surface area (Å²) in [6.07, 6.45) is 5.52. The minimum absolute atomic E-state index is 0.0186. The molecule has 0 aromatic carbocycles. The number of piperidine rings is 1. The van der Waals surface area contributed by atoms with Crippen LogP contribution in [-0.4, -0.2) is 30.0 Å². The lowest BCUT2D eigenvalue weighted by atomic mass is 9.89. The molecule has 0 bridgehead atoms. The SMILES string of the molecule is C=Cc1cc(C2CCN(C)CC2)c(=O)[nH]c1C=C. The van der Waals surface area contributed by atoms with Gasteiger partial charge in [0.25, 0.3) is 5.56 Å². The van der Waals surface area contributed by atoms with E-state index in [4.69, 9.17) is 0 Å². The highest BCUT2D eigenvalue weighted by molar-refractivity contribution is 5.61. The molecule has 0 amide bonds. The molecule has 0 radical (unpaired) electrons. The zero-order chi connectivity index (χ0) is 13.1. The molecule has 0 unspecified atom stereocenters. The third-order valence-corrected chi connectivity index (χ3v) is 3.71. The molecular formula is C15H20N2O. The van der Waals surface area contributed by atoms with Crippen LogP contribution in [0.15, 0.2) is 24.0 Å². The van der Waals surface area contributed by atoms with Crippen LogP contribution < -0.4 is 5.56 Å². The fourth-order valence-corrected chi connectivity index (χ4v) is 2.54. The lowest BCUT2D eigenvalue weighted by Crippen LogP contribution is -2.31. The van der Waals surface area contributed by atoms with Gasteiger partial charge in [-0.05, 0) is 56.6 Å². The molecule has 1 aliphatic heterocycles. The third-order valence-electron chi connectivity index (χ3n) is 3.71. The van der Waals surface area contributed by atoms with Crippen molar-refractivity contribution in [1.82, 2.24) is 9.88 Å². The highest BCUT2D eigenvalue weighted by Gasteiger charge is 2.21.